The number of methoxy groups -OCH3 is 1. The fraction of sp³-hybridized carbons (Fsp3) is 0.417. The molecule has 0 spiro atoms. The van der Waals surface area contributed by atoms with Crippen molar-refractivity contribution in [3.05, 3.63) is 73.3 Å². The van der Waals surface area contributed by atoms with Crippen molar-refractivity contribution in [2.75, 3.05) is 13.7 Å². The standard InChI is InChI=1S/C24H34O3Si/c1-7-22(26-6)23(25)19(2)18-27-28(24(3,4)5,20-14-10-8-11-15-20)21-16-12-9-13-17-21/h7-17,19,22-23,25H,1,18H2,2-6H3/t19-,22+,23-/m1/s1. The predicted octanol–water partition coefficient (Wildman–Crippen LogP) is 3.76. The van der Waals surface area contributed by atoms with Gasteiger partial charge in [0.15, 0.2) is 0 Å². The van der Waals surface area contributed by atoms with E-state index in [1.165, 1.54) is 10.4 Å². The maximum atomic E-state index is 10.7. The summed E-state index contributed by atoms with van der Waals surface area (Å²) < 4.78 is 12.2. The number of ether oxygens (including phenoxy) is 1. The highest BCUT2D eigenvalue weighted by atomic mass is 28.4. The first-order valence-corrected chi connectivity index (χ1v) is 11.8. The van der Waals surface area contributed by atoms with Gasteiger partial charge in [-0.05, 0) is 15.4 Å². The number of hydrogen-bond donors (Lipinski definition) is 1. The SMILES string of the molecule is C=C[C@H](OC)[C@H](O)[C@H](C)CO[Si](c1ccccc1)(c1ccccc1)C(C)(C)C. The molecule has 28 heavy (non-hydrogen) atoms. The van der Waals surface area contributed by atoms with E-state index in [2.05, 4.69) is 75.9 Å². The molecule has 0 radical (unpaired) electrons. The fourth-order valence-electron chi connectivity index (χ4n) is 3.82. The molecule has 152 valence electrons. The molecule has 2 aromatic carbocycles. The largest absolute Gasteiger partial charge is 0.407 e. The maximum absolute atomic E-state index is 10.7. The molecule has 0 saturated carbocycles. The normalized spacial score (nSPS) is 15.6. The second-order valence-corrected chi connectivity index (χ2v) is 12.7. The molecule has 0 amide bonds. The average molecular weight is 399 g/mol. The van der Waals surface area contributed by atoms with Crippen molar-refractivity contribution in [3.8, 4) is 0 Å². The summed E-state index contributed by atoms with van der Waals surface area (Å²) in [4.78, 5) is 0. The lowest BCUT2D eigenvalue weighted by Crippen LogP contribution is -2.67. The number of rotatable bonds is 9. The van der Waals surface area contributed by atoms with Gasteiger partial charge >= 0.3 is 0 Å². The number of aliphatic hydroxyl groups is 1. The van der Waals surface area contributed by atoms with Crippen molar-refractivity contribution in [1.29, 1.82) is 0 Å². The van der Waals surface area contributed by atoms with Crippen LogP contribution in [-0.4, -0.2) is 39.3 Å². The minimum atomic E-state index is -2.59. The summed E-state index contributed by atoms with van der Waals surface area (Å²) in [5.41, 5.74) is 0. The van der Waals surface area contributed by atoms with E-state index >= 15 is 0 Å². The highest BCUT2D eigenvalue weighted by Gasteiger charge is 2.50. The molecule has 0 aliphatic heterocycles. The van der Waals surface area contributed by atoms with Crippen LogP contribution in [-0.2, 0) is 9.16 Å². The van der Waals surface area contributed by atoms with Gasteiger partial charge < -0.3 is 14.3 Å². The Kier molecular flexibility index (Phi) is 7.78. The Morgan fingerprint density at radius 2 is 1.46 bits per heavy atom. The number of benzene rings is 2. The summed E-state index contributed by atoms with van der Waals surface area (Å²) in [6.07, 6.45) is 0.572. The number of hydrogen-bond acceptors (Lipinski definition) is 3. The third kappa shape index (κ3) is 4.63. The Labute approximate surface area is 171 Å². The van der Waals surface area contributed by atoms with Crippen molar-refractivity contribution in [2.24, 2.45) is 5.92 Å². The van der Waals surface area contributed by atoms with Crippen LogP contribution in [0, 0.1) is 5.92 Å². The first-order valence-electron chi connectivity index (χ1n) is 9.86. The number of aliphatic hydroxyl groups excluding tert-OH is 1. The van der Waals surface area contributed by atoms with Gasteiger partial charge in [0.25, 0.3) is 8.32 Å². The maximum Gasteiger partial charge on any atom is 0.261 e. The van der Waals surface area contributed by atoms with Gasteiger partial charge in [0.1, 0.15) is 6.10 Å². The van der Waals surface area contributed by atoms with Crippen LogP contribution in [0.25, 0.3) is 0 Å². The molecule has 0 aromatic heterocycles. The second kappa shape index (κ2) is 9.66. The van der Waals surface area contributed by atoms with E-state index < -0.39 is 20.5 Å². The summed E-state index contributed by atoms with van der Waals surface area (Å²) in [6.45, 7) is 13.0. The molecule has 0 aliphatic carbocycles. The lowest BCUT2D eigenvalue weighted by Gasteiger charge is -2.44. The zero-order valence-electron chi connectivity index (χ0n) is 17.8. The minimum absolute atomic E-state index is 0.0839. The van der Waals surface area contributed by atoms with Crippen LogP contribution in [0.15, 0.2) is 73.3 Å². The van der Waals surface area contributed by atoms with Crippen molar-refractivity contribution < 1.29 is 14.3 Å². The third-order valence-electron chi connectivity index (χ3n) is 5.40. The molecule has 3 atom stereocenters. The molecular formula is C24H34O3Si. The van der Waals surface area contributed by atoms with Crippen LogP contribution in [0.3, 0.4) is 0 Å². The summed E-state index contributed by atoms with van der Waals surface area (Å²) in [7, 11) is -1.00. The second-order valence-electron chi connectivity index (χ2n) is 8.38. The third-order valence-corrected chi connectivity index (χ3v) is 10.4. The van der Waals surface area contributed by atoms with Gasteiger partial charge in [-0.3, -0.25) is 0 Å². The van der Waals surface area contributed by atoms with E-state index in [1.807, 2.05) is 19.1 Å². The van der Waals surface area contributed by atoms with Gasteiger partial charge in [0, 0.05) is 19.6 Å². The highest BCUT2D eigenvalue weighted by Crippen LogP contribution is 2.37. The van der Waals surface area contributed by atoms with Crippen LogP contribution in [0.5, 0.6) is 0 Å². The molecule has 0 aliphatic rings. The van der Waals surface area contributed by atoms with E-state index in [9.17, 15) is 5.11 Å². The lowest BCUT2D eigenvalue weighted by atomic mass is 10.0. The molecule has 0 heterocycles. The molecule has 2 rings (SSSR count). The predicted molar refractivity (Wildman–Crippen MR) is 120 cm³/mol. The Morgan fingerprint density at radius 3 is 1.82 bits per heavy atom. The summed E-state index contributed by atoms with van der Waals surface area (Å²) in [6, 6.07) is 21.1. The fourth-order valence-corrected chi connectivity index (χ4v) is 8.48. The van der Waals surface area contributed by atoms with Crippen LogP contribution in [0.4, 0.5) is 0 Å². The molecule has 0 saturated heterocycles. The molecule has 0 fully saturated rings. The molecule has 1 N–H and O–H groups in total. The van der Waals surface area contributed by atoms with Gasteiger partial charge in [-0.25, -0.2) is 0 Å². The Hall–Kier alpha value is -1.72. The molecule has 4 heteroatoms. The summed E-state index contributed by atoms with van der Waals surface area (Å²) >= 11 is 0. The first kappa shape index (κ1) is 22.6. The van der Waals surface area contributed by atoms with Crippen LogP contribution < -0.4 is 10.4 Å². The van der Waals surface area contributed by atoms with E-state index in [1.54, 1.807) is 13.2 Å². The van der Waals surface area contributed by atoms with Crippen LogP contribution >= 0.6 is 0 Å². The topological polar surface area (TPSA) is 38.7 Å². The first-order chi connectivity index (χ1) is 13.3. The van der Waals surface area contributed by atoms with E-state index in [0.717, 1.165) is 0 Å². The average Bonchev–Trinajstić information content (AvgIpc) is 2.69. The van der Waals surface area contributed by atoms with E-state index in [4.69, 9.17) is 9.16 Å². The zero-order valence-corrected chi connectivity index (χ0v) is 18.8. The molecule has 0 bridgehead atoms. The van der Waals surface area contributed by atoms with Gasteiger partial charge in [0.2, 0.25) is 0 Å². The van der Waals surface area contributed by atoms with Crippen LogP contribution in [0.1, 0.15) is 27.7 Å². The smallest absolute Gasteiger partial charge is 0.261 e. The highest BCUT2D eigenvalue weighted by molar-refractivity contribution is 6.99. The van der Waals surface area contributed by atoms with Crippen molar-refractivity contribution in [2.45, 2.75) is 44.9 Å². The van der Waals surface area contributed by atoms with Crippen molar-refractivity contribution >= 4 is 18.7 Å². The quantitative estimate of drug-likeness (QED) is 0.516. The molecular weight excluding hydrogens is 364 g/mol. The Balaban J connectivity index is 2.46. The van der Waals surface area contributed by atoms with Gasteiger partial charge in [0.05, 0.1) is 6.10 Å². The van der Waals surface area contributed by atoms with Gasteiger partial charge in [-0.1, -0.05) is 94.4 Å². The molecule has 0 unspecified atom stereocenters. The van der Waals surface area contributed by atoms with E-state index in [-0.39, 0.29) is 11.0 Å². The lowest BCUT2D eigenvalue weighted by molar-refractivity contribution is -0.0231. The van der Waals surface area contributed by atoms with Crippen LogP contribution in [0.2, 0.25) is 5.04 Å². The molecule has 2 aromatic rings. The summed E-state index contributed by atoms with van der Waals surface area (Å²) in [5.74, 6) is -0.0930. The minimum Gasteiger partial charge on any atom is -0.407 e. The van der Waals surface area contributed by atoms with Crippen molar-refractivity contribution in [1.82, 2.24) is 0 Å². The van der Waals surface area contributed by atoms with Crippen molar-refractivity contribution in [3.63, 3.8) is 0 Å². The Bertz CT molecular complexity index is 685. The summed E-state index contributed by atoms with van der Waals surface area (Å²) in [5, 5.41) is 13.1. The Morgan fingerprint density at radius 1 is 1.00 bits per heavy atom. The zero-order chi connectivity index (χ0) is 20.8. The van der Waals surface area contributed by atoms with Gasteiger partial charge in [-0.2, -0.15) is 0 Å². The van der Waals surface area contributed by atoms with E-state index in [0.29, 0.717) is 6.61 Å². The monoisotopic (exact) mass is 398 g/mol. The molecule has 3 nitrogen and oxygen atoms in total. The van der Waals surface area contributed by atoms with Gasteiger partial charge in [-0.15, -0.1) is 6.58 Å².